The van der Waals surface area contributed by atoms with Gasteiger partial charge in [-0.05, 0) is 68.5 Å². The highest BCUT2D eigenvalue weighted by Gasteiger charge is 2.40. The Labute approximate surface area is 201 Å². The molecule has 0 N–H and O–H groups in total. The van der Waals surface area contributed by atoms with Crippen LogP contribution in [-0.2, 0) is 14.8 Å². The zero-order valence-electron chi connectivity index (χ0n) is 20.1. The lowest BCUT2D eigenvalue weighted by Gasteiger charge is -2.35. The van der Waals surface area contributed by atoms with Gasteiger partial charge in [0, 0.05) is 19.1 Å². The van der Waals surface area contributed by atoms with Crippen molar-refractivity contribution in [3.63, 3.8) is 0 Å². The van der Waals surface area contributed by atoms with E-state index in [0.29, 0.717) is 54.2 Å². The summed E-state index contributed by atoms with van der Waals surface area (Å²) in [7, 11) is -2.07. The van der Waals surface area contributed by atoms with Crippen molar-refractivity contribution in [2.45, 2.75) is 50.7 Å². The molecule has 4 rings (SSSR count). The van der Waals surface area contributed by atoms with E-state index in [1.807, 2.05) is 44.2 Å². The van der Waals surface area contributed by atoms with Crippen LogP contribution in [0.25, 0.3) is 0 Å². The van der Waals surface area contributed by atoms with Crippen molar-refractivity contribution in [2.24, 2.45) is 0 Å². The number of para-hydroxylation sites is 1. The van der Waals surface area contributed by atoms with Gasteiger partial charge < -0.3 is 19.1 Å². The fraction of sp³-hybridized carbons (Fsp3) is 0.480. The molecule has 0 spiro atoms. The Balaban J connectivity index is 1.38. The number of hydrogen-bond donors (Lipinski definition) is 0. The number of piperidine rings is 1. The molecule has 1 atom stereocenters. The largest absolute Gasteiger partial charge is 0.496 e. The topological polar surface area (TPSA) is 85.4 Å². The number of amides is 1. The number of carbonyl (C=O) groups is 1. The van der Waals surface area contributed by atoms with Gasteiger partial charge >= 0.3 is 6.09 Å². The van der Waals surface area contributed by atoms with Gasteiger partial charge in [0.05, 0.1) is 18.6 Å². The van der Waals surface area contributed by atoms with Crippen LogP contribution >= 0.6 is 0 Å². The van der Waals surface area contributed by atoms with Gasteiger partial charge in [0.15, 0.2) is 6.10 Å². The molecule has 2 aromatic rings. The molecule has 0 aromatic heterocycles. The van der Waals surface area contributed by atoms with E-state index in [-0.39, 0.29) is 24.8 Å². The van der Waals surface area contributed by atoms with E-state index in [9.17, 15) is 13.2 Å². The van der Waals surface area contributed by atoms with E-state index in [0.717, 1.165) is 11.3 Å². The monoisotopic (exact) mass is 488 g/mol. The first-order chi connectivity index (χ1) is 16.2. The molecule has 34 heavy (non-hydrogen) atoms. The van der Waals surface area contributed by atoms with Crippen molar-refractivity contribution in [2.75, 3.05) is 33.4 Å². The minimum absolute atomic E-state index is 0.0551. The summed E-state index contributed by atoms with van der Waals surface area (Å²) in [5, 5.41) is 0. The third kappa shape index (κ3) is 4.72. The predicted octanol–water partition coefficient (Wildman–Crippen LogP) is 3.67. The molecule has 0 bridgehead atoms. The minimum atomic E-state index is -3.66. The summed E-state index contributed by atoms with van der Waals surface area (Å²) >= 11 is 0. The van der Waals surface area contributed by atoms with Gasteiger partial charge in [0.25, 0.3) is 0 Å². The lowest BCUT2D eigenvalue weighted by atomic mass is 10.1. The second kappa shape index (κ2) is 9.84. The van der Waals surface area contributed by atoms with Gasteiger partial charge in [-0.2, -0.15) is 4.31 Å². The lowest BCUT2D eigenvalue weighted by Crippen LogP contribution is -2.47. The number of benzene rings is 2. The Kier molecular flexibility index (Phi) is 7.04. The van der Waals surface area contributed by atoms with Crippen LogP contribution in [-0.4, -0.2) is 69.2 Å². The Morgan fingerprint density at radius 3 is 2.38 bits per heavy atom. The van der Waals surface area contributed by atoms with Gasteiger partial charge in [-0.25, -0.2) is 13.2 Å². The maximum absolute atomic E-state index is 13.5. The third-order valence-electron chi connectivity index (χ3n) is 6.74. The molecule has 2 heterocycles. The Morgan fingerprint density at radius 2 is 1.74 bits per heavy atom. The van der Waals surface area contributed by atoms with Gasteiger partial charge in [-0.15, -0.1) is 0 Å². The quantitative estimate of drug-likeness (QED) is 0.591. The number of rotatable bonds is 7. The molecule has 2 aliphatic rings. The number of aryl methyl sites for hydroxylation is 1. The van der Waals surface area contributed by atoms with Crippen molar-refractivity contribution < 1.29 is 27.4 Å². The number of sulfonamides is 1. The highest BCUT2D eigenvalue weighted by molar-refractivity contribution is 7.89. The van der Waals surface area contributed by atoms with Crippen LogP contribution in [0.4, 0.5) is 4.79 Å². The Morgan fingerprint density at radius 1 is 1.06 bits per heavy atom. The van der Waals surface area contributed by atoms with Crippen LogP contribution in [0.15, 0.2) is 41.3 Å². The molecule has 2 aliphatic heterocycles. The van der Waals surface area contributed by atoms with Gasteiger partial charge in [-0.1, -0.05) is 18.2 Å². The first-order valence-electron chi connectivity index (χ1n) is 11.5. The number of cyclic esters (lactones) is 1. The fourth-order valence-corrected chi connectivity index (χ4v) is 6.74. The summed E-state index contributed by atoms with van der Waals surface area (Å²) in [6, 6.07) is 11.1. The number of ether oxygens (including phenoxy) is 3. The summed E-state index contributed by atoms with van der Waals surface area (Å²) in [4.78, 5) is 14.6. The van der Waals surface area contributed by atoms with E-state index in [1.165, 1.54) is 4.31 Å². The molecule has 2 saturated heterocycles. The lowest BCUT2D eigenvalue weighted by molar-refractivity contribution is 0.0999. The molecule has 0 aliphatic carbocycles. The van der Waals surface area contributed by atoms with Crippen LogP contribution in [0.1, 0.15) is 29.5 Å². The SMILES string of the molecule is COc1cc(C)c(S(=O)(=O)N2CCC(N3CC(COc4ccccc4)OC3=O)CC2)c(C)c1C. The van der Waals surface area contributed by atoms with E-state index in [4.69, 9.17) is 14.2 Å². The number of hydrogen-bond acceptors (Lipinski definition) is 6. The zero-order valence-corrected chi connectivity index (χ0v) is 20.9. The fourth-order valence-electron chi connectivity index (χ4n) is 4.79. The van der Waals surface area contributed by atoms with Crippen molar-refractivity contribution in [3.8, 4) is 11.5 Å². The molecule has 9 heteroatoms. The molecule has 184 valence electrons. The van der Waals surface area contributed by atoms with Crippen molar-refractivity contribution in [1.29, 1.82) is 0 Å². The van der Waals surface area contributed by atoms with Crippen LogP contribution < -0.4 is 9.47 Å². The molecular formula is C25H32N2O6S. The minimum Gasteiger partial charge on any atom is -0.496 e. The van der Waals surface area contributed by atoms with E-state index >= 15 is 0 Å². The van der Waals surface area contributed by atoms with Crippen LogP contribution in [0.2, 0.25) is 0 Å². The summed E-state index contributed by atoms with van der Waals surface area (Å²) < 4.78 is 45.2. The number of nitrogens with zero attached hydrogens (tertiary/aromatic N) is 2. The normalized spacial score (nSPS) is 19.8. The first kappa shape index (κ1) is 24.3. The van der Waals surface area contributed by atoms with Gasteiger partial charge in [0.1, 0.15) is 18.1 Å². The Hall–Kier alpha value is -2.78. The summed E-state index contributed by atoms with van der Waals surface area (Å²) in [5.74, 6) is 1.42. The molecule has 1 amide bonds. The summed E-state index contributed by atoms with van der Waals surface area (Å²) in [6.45, 7) is 6.93. The molecule has 2 fully saturated rings. The van der Waals surface area contributed by atoms with Crippen molar-refractivity contribution >= 4 is 16.1 Å². The molecule has 2 aromatic carbocycles. The average Bonchev–Trinajstić information content (AvgIpc) is 3.21. The highest BCUT2D eigenvalue weighted by Crippen LogP contribution is 2.34. The molecular weight excluding hydrogens is 456 g/mol. The number of carbonyl (C=O) groups excluding carboxylic acids is 1. The molecule has 1 unspecified atom stereocenters. The van der Waals surface area contributed by atoms with E-state index < -0.39 is 10.0 Å². The smallest absolute Gasteiger partial charge is 0.410 e. The Bertz CT molecular complexity index is 1140. The summed E-state index contributed by atoms with van der Waals surface area (Å²) in [6.07, 6.45) is 0.421. The maximum atomic E-state index is 13.5. The zero-order chi connectivity index (χ0) is 24.5. The van der Waals surface area contributed by atoms with Crippen LogP contribution in [0, 0.1) is 20.8 Å². The standard InChI is InChI=1S/C25H32N2O6S/c1-17-14-23(31-4)18(2)19(3)24(17)34(29,30)26-12-10-20(11-13-26)27-15-22(33-25(27)28)16-32-21-8-6-5-7-9-21/h5-9,14,20,22H,10-13,15-16H2,1-4H3. The van der Waals surface area contributed by atoms with Gasteiger partial charge in [-0.3, -0.25) is 0 Å². The molecule has 8 nitrogen and oxygen atoms in total. The molecule has 0 saturated carbocycles. The molecule has 0 radical (unpaired) electrons. The number of methoxy groups -OCH3 is 1. The first-order valence-corrected chi connectivity index (χ1v) is 13.0. The van der Waals surface area contributed by atoms with Crippen LogP contribution in [0.3, 0.4) is 0 Å². The van der Waals surface area contributed by atoms with E-state index in [2.05, 4.69) is 0 Å². The predicted molar refractivity (Wildman–Crippen MR) is 128 cm³/mol. The summed E-state index contributed by atoms with van der Waals surface area (Å²) in [5.41, 5.74) is 2.21. The van der Waals surface area contributed by atoms with Crippen molar-refractivity contribution in [1.82, 2.24) is 9.21 Å². The maximum Gasteiger partial charge on any atom is 0.410 e. The average molecular weight is 489 g/mol. The van der Waals surface area contributed by atoms with Crippen LogP contribution in [0.5, 0.6) is 11.5 Å². The second-order valence-electron chi connectivity index (χ2n) is 8.89. The van der Waals surface area contributed by atoms with Crippen molar-refractivity contribution in [3.05, 3.63) is 53.1 Å². The highest BCUT2D eigenvalue weighted by atomic mass is 32.2. The second-order valence-corrected chi connectivity index (χ2v) is 10.8. The van der Waals surface area contributed by atoms with E-state index in [1.54, 1.807) is 25.0 Å². The van der Waals surface area contributed by atoms with Gasteiger partial charge in [0.2, 0.25) is 10.0 Å². The third-order valence-corrected chi connectivity index (χ3v) is 8.93.